The average molecular weight is 272 g/mol. The average Bonchev–Trinajstić information content (AvgIpc) is 2.99. The summed E-state index contributed by atoms with van der Waals surface area (Å²) in [5.74, 6) is 0. The van der Waals surface area contributed by atoms with E-state index in [1.54, 1.807) is 0 Å². The summed E-state index contributed by atoms with van der Waals surface area (Å²) in [4.78, 5) is 8.59. The van der Waals surface area contributed by atoms with E-state index < -0.39 is 0 Å². The van der Waals surface area contributed by atoms with Crippen LogP contribution in [0.25, 0.3) is 0 Å². The zero-order valence-electron chi connectivity index (χ0n) is 11.6. The quantitative estimate of drug-likeness (QED) is 0.840. The van der Waals surface area contributed by atoms with Crippen molar-refractivity contribution in [3.05, 3.63) is 46.5 Å². The fraction of sp³-hybridized carbons (Fsp3) is 0.438. The fourth-order valence-corrected chi connectivity index (χ4v) is 3.77. The molecule has 1 aliphatic heterocycles. The van der Waals surface area contributed by atoms with Crippen molar-refractivity contribution in [3.63, 3.8) is 0 Å². The zero-order valence-corrected chi connectivity index (χ0v) is 12.4. The molecule has 1 fully saturated rings. The summed E-state index contributed by atoms with van der Waals surface area (Å²) in [6, 6.07) is 11.4. The van der Waals surface area contributed by atoms with Crippen LogP contribution in [-0.4, -0.2) is 17.6 Å². The minimum absolute atomic E-state index is 0.618. The summed E-state index contributed by atoms with van der Waals surface area (Å²) < 4.78 is 0. The van der Waals surface area contributed by atoms with Gasteiger partial charge in [-0.3, -0.25) is 0 Å². The summed E-state index contributed by atoms with van der Waals surface area (Å²) in [7, 11) is 0. The first kappa shape index (κ1) is 12.7. The topological polar surface area (TPSA) is 16.1 Å². The maximum Gasteiger partial charge on any atom is 0.186 e. The van der Waals surface area contributed by atoms with Gasteiger partial charge in [0, 0.05) is 17.5 Å². The van der Waals surface area contributed by atoms with Crippen LogP contribution in [0, 0.1) is 13.8 Å². The number of nitrogens with zero attached hydrogens (tertiary/aromatic N) is 2. The number of aryl methyl sites for hydroxylation is 2. The molecule has 1 aromatic carbocycles. The van der Waals surface area contributed by atoms with Gasteiger partial charge in [-0.2, -0.15) is 0 Å². The van der Waals surface area contributed by atoms with Gasteiger partial charge in [-0.25, -0.2) is 4.98 Å². The third-order valence-electron chi connectivity index (χ3n) is 3.95. The Kier molecular flexibility index (Phi) is 3.56. The SMILES string of the molecule is Cc1nc(N2CCC[C@@H]2Cc2ccccc2)sc1C. The van der Waals surface area contributed by atoms with Crippen molar-refractivity contribution in [1.82, 2.24) is 4.98 Å². The molecule has 0 amide bonds. The van der Waals surface area contributed by atoms with Gasteiger partial charge in [0.1, 0.15) is 0 Å². The van der Waals surface area contributed by atoms with E-state index in [0.29, 0.717) is 6.04 Å². The summed E-state index contributed by atoms with van der Waals surface area (Å²) >= 11 is 1.84. The van der Waals surface area contributed by atoms with Gasteiger partial charge in [-0.1, -0.05) is 30.3 Å². The van der Waals surface area contributed by atoms with Crippen molar-refractivity contribution < 1.29 is 0 Å². The molecule has 0 aliphatic carbocycles. The van der Waals surface area contributed by atoms with E-state index in [4.69, 9.17) is 4.98 Å². The lowest BCUT2D eigenvalue weighted by Crippen LogP contribution is -2.30. The molecular formula is C16H20N2S. The molecule has 3 heteroatoms. The number of rotatable bonds is 3. The number of hydrogen-bond donors (Lipinski definition) is 0. The van der Waals surface area contributed by atoms with E-state index in [1.807, 2.05) is 11.3 Å². The van der Waals surface area contributed by atoms with Gasteiger partial charge < -0.3 is 4.90 Å². The molecule has 1 saturated heterocycles. The Labute approximate surface area is 119 Å². The molecule has 0 radical (unpaired) electrons. The molecule has 1 atom stereocenters. The Balaban J connectivity index is 1.78. The first-order chi connectivity index (χ1) is 9.24. The van der Waals surface area contributed by atoms with Gasteiger partial charge in [-0.15, -0.1) is 11.3 Å². The van der Waals surface area contributed by atoms with Crippen LogP contribution in [0.2, 0.25) is 0 Å². The van der Waals surface area contributed by atoms with E-state index in [9.17, 15) is 0 Å². The Hall–Kier alpha value is -1.35. The Morgan fingerprint density at radius 3 is 2.74 bits per heavy atom. The molecule has 1 aromatic heterocycles. The molecule has 2 nitrogen and oxygen atoms in total. The molecule has 0 bridgehead atoms. The molecule has 2 heterocycles. The molecule has 100 valence electrons. The number of thiazole rings is 1. The van der Waals surface area contributed by atoms with Crippen LogP contribution in [0.15, 0.2) is 30.3 Å². The van der Waals surface area contributed by atoms with Crippen LogP contribution >= 0.6 is 11.3 Å². The predicted molar refractivity (Wildman–Crippen MR) is 82.1 cm³/mol. The van der Waals surface area contributed by atoms with Crippen molar-refractivity contribution in [2.45, 2.75) is 39.2 Å². The number of anilines is 1. The van der Waals surface area contributed by atoms with Crippen molar-refractivity contribution in [2.24, 2.45) is 0 Å². The minimum Gasteiger partial charge on any atom is -0.345 e. The van der Waals surface area contributed by atoms with Crippen LogP contribution in [0.4, 0.5) is 5.13 Å². The molecule has 19 heavy (non-hydrogen) atoms. The maximum absolute atomic E-state index is 4.73. The summed E-state index contributed by atoms with van der Waals surface area (Å²) in [5, 5.41) is 1.22. The molecule has 1 aliphatic rings. The smallest absolute Gasteiger partial charge is 0.186 e. The predicted octanol–water partition coefficient (Wildman–Crippen LogP) is 3.97. The van der Waals surface area contributed by atoms with Crippen molar-refractivity contribution in [1.29, 1.82) is 0 Å². The standard InChI is InChI=1S/C16H20N2S/c1-12-13(2)19-16(17-12)18-10-6-9-15(18)11-14-7-4-3-5-8-14/h3-5,7-8,15H,6,9-11H2,1-2H3/t15-/m1/s1. The van der Waals surface area contributed by atoms with Gasteiger partial charge in [0.05, 0.1) is 5.69 Å². The number of aromatic nitrogens is 1. The molecular weight excluding hydrogens is 252 g/mol. The van der Waals surface area contributed by atoms with Gasteiger partial charge in [-0.05, 0) is 38.7 Å². The second-order valence-electron chi connectivity index (χ2n) is 5.32. The molecule has 0 unspecified atom stereocenters. The molecule has 0 N–H and O–H groups in total. The second-order valence-corrected chi connectivity index (χ2v) is 6.50. The third-order valence-corrected chi connectivity index (χ3v) is 5.06. The third kappa shape index (κ3) is 2.66. The monoisotopic (exact) mass is 272 g/mol. The fourth-order valence-electron chi connectivity index (χ4n) is 2.76. The van der Waals surface area contributed by atoms with Crippen molar-refractivity contribution in [3.8, 4) is 0 Å². The van der Waals surface area contributed by atoms with E-state index in [2.05, 4.69) is 49.1 Å². The number of benzene rings is 1. The number of hydrogen-bond acceptors (Lipinski definition) is 3. The van der Waals surface area contributed by atoms with E-state index in [1.165, 1.54) is 34.1 Å². The van der Waals surface area contributed by atoms with Crippen molar-refractivity contribution in [2.75, 3.05) is 11.4 Å². The van der Waals surface area contributed by atoms with Crippen LogP contribution in [-0.2, 0) is 6.42 Å². The second kappa shape index (κ2) is 5.33. The summed E-state index contributed by atoms with van der Waals surface area (Å²) in [6.07, 6.45) is 3.71. The maximum atomic E-state index is 4.73. The molecule has 3 rings (SSSR count). The highest BCUT2D eigenvalue weighted by Crippen LogP contribution is 2.32. The first-order valence-corrected chi connectivity index (χ1v) is 7.80. The van der Waals surface area contributed by atoms with Gasteiger partial charge >= 0.3 is 0 Å². The minimum atomic E-state index is 0.618. The van der Waals surface area contributed by atoms with Gasteiger partial charge in [0.2, 0.25) is 0 Å². The van der Waals surface area contributed by atoms with Gasteiger partial charge in [0.15, 0.2) is 5.13 Å². The Bertz CT molecular complexity index is 528. The zero-order chi connectivity index (χ0) is 13.2. The normalized spacial score (nSPS) is 19.1. The highest BCUT2D eigenvalue weighted by atomic mass is 32.1. The Morgan fingerprint density at radius 1 is 1.26 bits per heavy atom. The molecule has 0 saturated carbocycles. The lowest BCUT2D eigenvalue weighted by molar-refractivity contribution is 0.662. The molecule has 2 aromatic rings. The van der Waals surface area contributed by atoms with Crippen LogP contribution in [0.3, 0.4) is 0 Å². The van der Waals surface area contributed by atoms with E-state index in [-0.39, 0.29) is 0 Å². The van der Waals surface area contributed by atoms with Crippen LogP contribution in [0.5, 0.6) is 0 Å². The van der Waals surface area contributed by atoms with E-state index >= 15 is 0 Å². The van der Waals surface area contributed by atoms with E-state index in [0.717, 1.165) is 13.0 Å². The largest absolute Gasteiger partial charge is 0.345 e. The van der Waals surface area contributed by atoms with Crippen molar-refractivity contribution >= 4 is 16.5 Å². The molecule has 0 spiro atoms. The Morgan fingerprint density at radius 2 is 2.05 bits per heavy atom. The van der Waals surface area contributed by atoms with Gasteiger partial charge in [0.25, 0.3) is 0 Å². The van der Waals surface area contributed by atoms with Crippen LogP contribution in [0.1, 0.15) is 29.0 Å². The summed E-state index contributed by atoms with van der Waals surface area (Å²) in [5.41, 5.74) is 2.62. The summed E-state index contributed by atoms with van der Waals surface area (Å²) in [6.45, 7) is 5.43. The first-order valence-electron chi connectivity index (χ1n) is 6.98. The van der Waals surface area contributed by atoms with Crippen LogP contribution < -0.4 is 4.90 Å². The lowest BCUT2D eigenvalue weighted by Gasteiger charge is -2.24. The highest BCUT2D eigenvalue weighted by molar-refractivity contribution is 7.15. The lowest BCUT2D eigenvalue weighted by atomic mass is 10.0. The highest BCUT2D eigenvalue weighted by Gasteiger charge is 2.27.